The van der Waals surface area contributed by atoms with Crippen LogP contribution in [0.3, 0.4) is 0 Å². The molecule has 2 aromatic carbocycles. The van der Waals surface area contributed by atoms with Gasteiger partial charge in [0.1, 0.15) is 11.3 Å². The highest BCUT2D eigenvalue weighted by molar-refractivity contribution is 6.05. The van der Waals surface area contributed by atoms with Gasteiger partial charge in [-0.15, -0.1) is 5.10 Å². The monoisotopic (exact) mass is 391 g/mol. The van der Waals surface area contributed by atoms with E-state index in [1.165, 1.54) is 16.8 Å². The van der Waals surface area contributed by atoms with Crippen LogP contribution in [0.15, 0.2) is 48.5 Å². The van der Waals surface area contributed by atoms with E-state index in [1.54, 1.807) is 41.9 Å². The number of nitro benzene ring substituents is 1. The maximum absolute atomic E-state index is 12.8. The number of aromatic nitrogens is 5. The van der Waals surface area contributed by atoms with Crippen molar-refractivity contribution in [1.82, 2.24) is 24.8 Å². The van der Waals surface area contributed by atoms with Crippen LogP contribution in [-0.4, -0.2) is 35.6 Å². The van der Waals surface area contributed by atoms with Crippen LogP contribution in [0, 0.1) is 17.0 Å². The van der Waals surface area contributed by atoms with E-state index in [9.17, 15) is 14.9 Å². The number of amides is 1. The predicted molar refractivity (Wildman–Crippen MR) is 106 cm³/mol. The molecule has 0 spiro atoms. The van der Waals surface area contributed by atoms with Crippen molar-refractivity contribution >= 4 is 28.4 Å². The fourth-order valence-corrected chi connectivity index (χ4v) is 3.04. The summed E-state index contributed by atoms with van der Waals surface area (Å²) in [5.41, 5.74) is 3.21. The summed E-state index contributed by atoms with van der Waals surface area (Å²) in [7, 11) is 0. The number of carbonyl (C=O) groups excluding carboxylic acids is 1. The smallest absolute Gasteiger partial charge is 0.269 e. The lowest BCUT2D eigenvalue weighted by Gasteiger charge is -2.09. The first-order valence-electron chi connectivity index (χ1n) is 8.92. The number of nitro groups is 1. The molecule has 0 aliphatic rings. The molecule has 1 amide bonds. The van der Waals surface area contributed by atoms with Crippen molar-refractivity contribution in [3.63, 3.8) is 0 Å². The molecule has 10 heteroatoms. The van der Waals surface area contributed by atoms with Crippen molar-refractivity contribution in [2.75, 3.05) is 5.32 Å². The van der Waals surface area contributed by atoms with E-state index in [1.807, 2.05) is 13.0 Å². The van der Waals surface area contributed by atoms with E-state index in [2.05, 4.69) is 20.7 Å². The van der Waals surface area contributed by atoms with Gasteiger partial charge in [0.05, 0.1) is 21.8 Å². The van der Waals surface area contributed by atoms with Gasteiger partial charge in [0.2, 0.25) is 0 Å². The van der Waals surface area contributed by atoms with Crippen LogP contribution in [0.5, 0.6) is 0 Å². The Hall–Kier alpha value is -4.08. The molecule has 0 saturated heterocycles. The molecule has 0 saturated carbocycles. The van der Waals surface area contributed by atoms with Gasteiger partial charge in [-0.05, 0) is 44.2 Å². The Morgan fingerprint density at radius 3 is 2.62 bits per heavy atom. The molecular weight excluding hydrogens is 374 g/mol. The van der Waals surface area contributed by atoms with Gasteiger partial charge in [-0.2, -0.15) is 5.10 Å². The number of benzene rings is 2. The third-order valence-electron chi connectivity index (χ3n) is 4.45. The first kappa shape index (κ1) is 18.3. The molecule has 1 N–H and O–H groups in total. The van der Waals surface area contributed by atoms with E-state index >= 15 is 0 Å². The fourth-order valence-electron chi connectivity index (χ4n) is 3.04. The summed E-state index contributed by atoms with van der Waals surface area (Å²) in [6.07, 6.45) is 0. The summed E-state index contributed by atoms with van der Waals surface area (Å²) in [4.78, 5) is 23.2. The van der Waals surface area contributed by atoms with E-state index in [4.69, 9.17) is 0 Å². The summed E-state index contributed by atoms with van der Waals surface area (Å²) in [5.74, 6) is 0.139. The van der Waals surface area contributed by atoms with Crippen LogP contribution in [0.1, 0.15) is 23.0 Å². The minimum absolute atomic E-state index is 0.0170. The van der Waals surface area contributed by atoms with Crippen LogP contribution >= 0.6 is 0 Å². The molecule has 0 fully saturated rings. The Labute approximate surface area is 164 Å². The summed E-state index contributed by atoms with van der Waals surface area (Å²) >= 11 is 0. The zero-order valence-corrected chi connectivity index (χ0v) is 15.7. The minimum Gasteiger partial charge on any atom is -0.306 e. The highest BCUT2D eigenvalue weighted by Gasteiger charge is 2.15. The predicted octanol–water partition coefficient (Wildman–Crippen LogP) is 3.11. The third-order valence-corrected chi connectivity index (χ3v) is 4.45. The normalized spacial score (nSPS) is 11.0. The highest BCUT2D eigenvalue weighted by Crippen LogP contribution is 2.21. The van der Waals surface area contributed by atoms with Gasteiger partial charge in [-0.1, -0.05) is 5.21 Å². The first-order chi connectivity index (χ1) is 14.0. The maximum Gasteiger partial charge on any atom is 0.269 e. The van der Waals surface area contributed by atoms with Crippen LogP contribution in [0.25, 0.3) is 16.7 Å². The summed E-state index contributed by atoms with van der Waals surface area (Å²) in [6, 6.07) is 12.9. The molecule has 10 nitrogen and oxygen atoms in total. The van der Waals surface area contributed by atoms with E-state index in [0.717, 1.165) is 5.52 Å². The molecular formula is C19H17N7O3. The first-order valence-corrected chi connectivity index (χ1v) is 8.92. The quantitative estimate of drug-likeness (QED) is 0.412. The molecule has 146 valence electrons. The Morgan fingerprint density at radius 2 is 1.93 bits per heavy atom. The van der Waals surface area contributed by atoms with Gasteiger partial charge in [0.15, 0.2) is 0 Å². The molecule has 2 aromatic heterocycles. The molecule has 2 heterocycles. The Bertz CT molecular complexity index is 1220. The fraction of sp³-hybridized carbons (Fsp3) is 0.158. The zero-order chi connectivity index (χ0) is 20.5. The number of hydrogen-bond acceptors (Lipinski definition) is 6. The van der Waals surface area contributed by atoms with E-state index < -0.39 is 4.92 Å². The van der Waals surface area contributed by atoms with E-state index in [0.29, 0.717) is 34.8 Å². The number of carbonyl (C=O) groups is 1. The molecule has 0 unspecified atom stereocenters. The summed E-state index contributed by atoms with van der Waals surface area (Å²) < 4.78 is 3.28. The Kier molecular flexibility index (Phi) is 4.51. The van der Waals surface area contributed by atoms with Crippen molar-refractivity contribution in [3.8, 4) is 5.69 Å². The molecule has 4 rings (SSSR count). The zero-order valence-electron chi connectivity index (χ0n) is 15.7. The van der Waals surface area contributed by atoms with Gasteiger partial charge >= 0.3 is 0 Å². The van der Waals surface area contributed by atoms with Gasteiger partial charge < -0.3 is 5.32 Å². The summed E-state index contributed by atoms with van der Waals surface area (Å²) in [5, 5.41) is 26.2. The second-order valence-corrected chi connectivity index (χ2v) is 6.42. The second kappa shape index (κ2) is 7.15. The number of nitrogens with one attached hydrogen (secondary N) is 1. The third kappa shape index (κ3) is 3.43. The second-order valence-electron chi connectivity index (χ2n) is 6.42. The number of non-ortho nitro benzene ring substituents is 1. The standard InChI is InChI=1S/C19H17N7O3/c1-3-24-17-9-4-13(11-16(17)21-23-24)19(27)20-18-10-12(2)22-25(18)14-5-7-15(8-6-14)26(28)29/h4-11H,3H2,1-2H3,(H,20,27). The largest absolute Gasteiger partial charge is 0.306 e. The summed E-state index contributed by atoms with van der Waals surface area (Å²) in [6.45, 7) is 4.46. The lowest BCUT2D eigenvalue weighted by atomic mass is 10.2. The number of aryl methyl sites for hydroxylation is 2. The molecule has 0 bridgehead atoms. The molecule has 0 atom stereocenters. The van der Waals surface area contributed by atoms with Crippen molar-refractivity contribution < 1.29 is 9.72 Å². The van der Waals surface area contributed by atoms with Crippen LogP contribution in [0.2, 0.25) is 0 Å². The number of anilines is 1. The maximum atomic E-state index is 12.8. The lowest BCUT2D eigenvalue weighted by Crippen LogP contribution is -2.15. The SMILES string of the molecule is CCn1nnc2cc(C(=O)Nc3cc(C)nn3-c3ccc([N+](=O)[O-])cc3)ccc21. The van der Waals surface area contributed by atoms with Gasteiger partial charge in [-0.3, -0.25) is 14.9 Å². The minimum atomic E-state index is -0.467. The van der Waals surface area contributed by atoms with Crippen molar-refractivity contribution in [3.05, 3.63) is 69.9 Å². The van der Waals surface area contributed by atoms with Gasteiger partial charge in [0.25, 0.3) is 11.6 Å². The number of nitrogens with zero attached hydrogens (tertiary/aromatic N) is 6. The topological polar surface area (TPSA) is 121 Å². The average Bonchev–Trinajstić information content (AvgIpc) is 3.30. The number of hydrogen-bond donors (Lipinski definition) is 1. The average molecular weight is 391 g/mol. The molecule has 0 aliphatic heterocycles. The van der Waals surface area contributed by atoms with Crippen LogP contribution in [-0.2, 0) is 6.54 Å². The van der Waals surface area contributed by atoms with Crippen LogP contribution in [0.4, 0.5) is 11.5 Å². The van der Waals surface area contributed by atoms with Gasteiger partial charge in [-0.25, -0.2) is 9.36 Å². The van der Waals surface area contributed by atoms with Crippen LogP contribution < -0.4 is 5.32 Å². The highest BCUT2D eigenvalue weighted by atomic mass is 16.6. The number of fused-ring (bicyclic) bond motifs is 1. The molecule has 4 aromatic rings. The molecule has 0 aliphatic carbocycles. The Morgan fingerprint density at radius 1 is 1.17 bits per heavy atom. The van der Waals surface area contributed by atoms with Crippen molar-refractivity contribution in [1.29, 1.82) is 0 Å². The van der Waals surface area contributed by atoms with Crippen molar-refractivity contribution in [2.24, 2.45) is 0 Å². The lowest BCUT2D eigenvalue weighted by molar-refractivity contribution is -0.384. The Balaban J connectivity index is 1.63. The van der Waals surface area contributed by atoms with E-state index in [-0.39, 0.29) is 11.6 Å². The van der Waals surface area contributed by atoms with Crippen molar-refractivity contribution in [2.45, 2.75) is 20.4 Å². The molecule has 0 radical (unpaired) electrons. The van der Waals surface area contributed by atoms with Gasteiger partial charge in [0, 0.05) is 30.3 Å². The molecule has 29 heavy (non-hydrogen) atoms. The number of rotatable bonds is 5.